The predicted octanol–water partition coefficient (Wildman–Crippen LogP) is 2.75. The highest BCUT2D eigenvalue weighted by atomic mass is 16.6. The largest absolute Gasteiger partial charge is 0.465 e. The van der Waals surface area contributed by atoms with Gasteiger partial charge in [0.25, 0.3) is 5.88 Å². The fourth-order valence-corrected chi connectivity index (χ4v) is 1.99. The number of fused-ring (bicyclic) bond motifs is 1. The molecule has 7 nitrogen and oxygen atoms in total. The average molecular weight is 284 g/mol. The fraction of sp³-hybridized carbons (Fsp3) is 0.143. The van der Waals surface area contributed by atoms with E-state index in [1.54, 1.807) is 6.92 Å². The topological polar surface area (TPSA) is 93.9 Å². The van der Waals surface area contributed by atoms with E-state index in [9.17, 15) is 10.1 Å². The zero-order valence-electron chi connectivity index (χ0n) is 11.2. The molecule has 21 heavy (non-hydrogen) atoms. The van der Waals surface area contributed by atoms with Gasteiger partial charge in [-0.3, -0.25) is 10.1 Å². The fourth-order valence-electron chi connectivity index (χ4n) is 1.99. The molecule has 0 fully saturated rings. The van der Waals surface area contributed by atoms with Gasteiger partial charge in [0.2, 0.25) is 0 Å². The number of aryl methyl sites for hydroxylation is 1. The minimum atomic E-state index is -0.506. The minimum absolute atomic E-state index is 0.00828. The van der Waals surface area contributed by atoms with Crippen LogP contribution in [-0.4, -0.2) is 19.9 Å². The number of aromatic amines is 1. The number of nitrogens with zero attached hydrogens (tertiary/aromatic N) is 3. The number of rotatable bonds is 4. The molecule has 0 saturated heterocycles. The lowest BCUT2D eigenvalue weighted by atomic mass is 10.3. The molecular weight excluding hydrogens is 272 g/mol. The van der Waals surface area contributed by atoms with E-state index >= 15 is 0 Å². The van der Waals surface area contributed by atoms with Gasteiger partial charge in [0.1, 0.15) is 12.4 Å². The van der Waals surface area contributed by atoms with Crippen LogP contribution in [0.15, 0.2) is 36.5 Å². The summed E-state index contributed by atoms with van der Waals surface area (Å²) in [7, 11) is 0. The summed E-state index contributed by atoms with van der Waals surface area (Å²) in [6.45, 7) is 1.83. The molecule has 7 heteroatoms. The Kier molecular flexibility index (Phi) is 3.23. The van der Waals surface area contributed by atoms with Crippen LogP contribution in [0.3, 0.4) is 0 Å². The van der Waals surface area contributed by atoms with Gasteiger partial charge in [0.15, 0.2) is 0 Å². The normalized spacial score (nSPS) is 10.7. The monoisotopic (exact) mass is 284 g/mol. The number of ether oxygens (including phenoxy) is 1. The van der Waals surface area contributed by atoms with Gasteiger partial charge in [-0.2, -0.15) is 0 Å². The zero-order valence-corrected chi connectivity index (χ0v) is 11.2. The molecular formula is C14H12N4O3. The summed E-state index contributed by atoms with van der Waals surface area (Å²) in [4.78, 5) is 21.9. The van der Waals surface area contributed by atoms with E-state index in [0.29, 0.717) is 11.4 Å². The van der Waals surface area contributed by atoms with Crippen molar-refractivity contribution in [1.29, 1.82) is 0 Å². The van der Waals surface area contributed by atoms with Crippen molar-refractivity contribution in [3.05, 3.63) is 58.0 Å². The Labute approximate surface area is 119 Å². The van der Waals surface area contributed by atoms with Gasteiger partial charge < -0.3 is 9.72 Å². The summed E-state index contributed by atoms with van der Waals surface area (Å²) >= 11 is 0. The molecule has 1 aromatic carbocycles. The lowest BCUT2D eigenvalue weighted by molar-refractivity contribution is -0.386. The molecule has 2 aromatic heterocycles. The summed E-state index contributed by atoms with van der Waals surface area (Å²) < 4.78 is 5.42. The van der Waals surface area contributed by atoms with Crippen LogP contribution in [0.4, 0.5) is 5.69 Å². The van der Waals surface area contributed by atoms with Crippen molar-refractivity contribution in [3.63, 3.8) is 0 Å². The maximum absolute atomic E-state index is 11.0. The predicted molar refractivity (Wildman–Crippen MR) is 76.1 cm³/mol. The summed E-state index contributed by atoms with van der Waals surface area (Å²) in [5.41, 5.74) is 2.27. The van der Waals surface area contributed by atoms with E-state index in [0.717, 1.165) is 11.0 Å². The standard InChI is InChI=1S/C14H12N4O3/c1-9-6-12(18(19)20)14(15-7-9)21-8-13-16-10-4-2-3-5-11(10)17-13/h2-7H,8H2,1H3,(H,16,17). The maximum Gasteiger partial charge on any atom is 0.331 e. The number of para-hydroxylation sites is 2. The Bertz CT molecular complexity index is 780. The summed E-state index contributed by atoms with van der Waals surface area (Å²) in [6, 6.07) is 9.00. The lowest BCUT2D eigenvalue weighted by Crippen LogP contribution is -2.02. The van der Waals surface area contributed by atoms with Crippen molar-refractivity contribution in [1.82, 2.24) is 15.0 Å². The van der Waals surface area contributed by atoms with Gasteiger partial charge in [-0.25, -0.2) is 9.97 Å². The Morgan fingerprint density at radius 3 is 2.95 bits per heavy atom. The molecule has 0 atom stereocenters. The Morgan fingerprint density at radius 2 is 2.19 bits per heavy atom. The molecule has 0 spiro atoms. The van der Waals surface area contributed by atoms with Crippen LogP contribution >= 0.6 is 0 Å². The molecule has 1 N–H and O–H groups in total. The second-order valence-corrected chi connectivity index (χ2v) is 4.58. The van der Waals surface area contributed by atoms with Gasteiger partial charge in [0, 0.05) is 12.3 Å². The molecule has 2 heterocycles. The third-order valence-corrected chi connectivity index (χ3v) is 2.95. The summed E-state index contributed by atoms with van der Waals surface area (Å²) in [5.74, 6) is 0.582. The van der Waals surface area contributed by atoms with E-state index in [4.69, 9.17) is 4.74 Å². The molecule has 106 valence electrons. The Balaban J connectivity index is 1.83. The van der Waals surface area contributed by atoms with E-state index in [1.165, 1.54) is 12.3 Å². The van der Waals surface area contributed by atoms with E-state index in [-0.39, 0.29) is 18.2 Å². The quantitative estimate of drug-likeness (QED) is 0.587. The van der Waals surface area contributed by atoms with Crippen molar-refractivity contribution in [2.24, 2.45) is 0 Å². The minimum Gasteiger partial charge on any atom is -0.465 e. The van der Waals surface area contributed by atoms with Crippen molar-refractivity contribution in [2.75, 3.05) is 0 Å². The molecule has 3 aromatic rings. The average Bonchev–Trinajstić information content (AvgIpc) is 2.88. The first-order valence-electron chi connectivity index (χ1n) is 6.31. The SMILES string of the molecule is Cc1cnc(OCc2nc3ccccc3[nH]2)c([N+](=O)[O-])c1. The van der Waals surface area contributed by atoms with Gasteiger partial charge >= 0.3 is 5.69 Å². The number of H-pyrrole nitrogens is 1. The van der Waals surface area contributed by atoms with Crippen molar-refractivity contribution in [2.45, 2.75) is 13.5 Å². The lowest BCUT2D eigenvalue weighted by Gasteiger charge is -2.04. The number of nitro groups is 1. The first-order valence-corrected chi connectivity index (χ1v) is 6.31. The van der Waals surface area contributed by atoms with Crippen LogP contribution in [-0.2, 0) is 6.61 Å². The number of benzene rings is 1. The number of hydrogen-bond donors (Lipinski definition) is 1. The second-order valence-electron chi connectivity index (χ2n) is 4.58. The van der Waals surface area contributed by atoms with Crippen molar-refractivity contribution >= 4 is 16.7 Å². The highest BCUT2D eigenvalue weighted by Gasteiger charge is 2.17. The molecule has 0 bridgehead atoms. The Morgan fingerprint density at radius 1 is 1.38 bits per heavy atom. The van der Waals surface area contributed by atoms with Crippen LogP contribution in [0, 0.1) is 17.0 Å². The van der Waals surface area contributed by atoms with Crippen LogP contribution in [0.5, 0.6) is 5.88 Å². The van der Waals surface area contributed by atoms with E-state index < -0.39 is 4.92 Å². The molecule has 0 aliphatic rings. The van der Waals surface area contributed by atoms with Crippen LogP contribution in [0.2, 0.25) is 0 Å². The zero-order chi connectivity index (χ0) is 14.8. The smallest absolute Gasteiger partial charge is 0.331 e. The highest BCUT2D eigenvalue weighted by molar-refractivity contribution is 5.74. The van der Waals surface area contributed by atoms with Gasteiger partial charge in [-0.05, 0) is 24.6 Å². The highest BCUT2D eigenvalue weighted by Crippen LogP contribution is 2.25. The van der Waals surface area contributed by atoms with Gasteiger partial charge in [-0.1, -0.05) is 12.1 Å². The van der Waals surface area contributed by atoms with Crippen LogP contribution in [0.1, 0.15) is 11.4 Å². The molecule has 0 aliphatic heterocycles. The molecule has 0 saturated carbocycles. The second kappa shape index (κ2) is 5.20. The third kappa shape index (κ3) is 2.66. The number of pyridine rings is 1. The van der Waals surface area contributed by atoms with Crippen LogP contribution < -0.4 is 4.74 Å². The number of aromatic nitrogens is 3. The number of nitrogens with one attached hydrogen (secondary N) is 1. The molecule has 0 radical (unpaired) electrons. The molecule has 0 amide bonds. The number of hydrogen-bond acceptors (Lipinski definition) is 5. The summed E-state index contributed by atoms with van der Waals surface area (Å²) in [5, 5.41) is 11.0. The van der Waals surface area contributed by atoms with Crippen molar-refractivity contribution < 1.29 is 9.66 Å². The molecule has 3 rings (SSSR count). The van der Waals surface area contributed by atoms with Crippen molar-refractivity contribution in [3.8, 4) is 5.88 Å². The number of imidazole rings is 1. The van der Waals surface area contributed by atoms with E-state index in [2.05, 4.69) is 15.0 Å². The first-order chi connectivity index (χ1) is 10.1. The summed E-state index contributed by atoms with van der Waals surface area (Å²) in [6.07, 6.45) is 1.53. The van der Waals surface area contributed by atoms with Gasteiger partial charge in [0.05, 0.1) is 16.0 Å². The third-order valence-electron chi connectivity index (χ3n) is 2.95. The van der Waals surface area contributed by atoms with E-state index in [1.807, 2.05) is 24.3 Å². The van der Waals surface area contributed by atoms with Crippen LogP contribution in [0.25, 0.3) is 11.0 Å². The molecule has 0 unspecified atom stereocenters. The Hall–Kier alpha value is -2.96. The first kappa shape index (κ1) is 13.0. The molecule has 0 aliphatic carbocycles. The van der Waals surface area contributed by atoms with Gasteiger partial charge in [-0.15, -0.1) is 0 Å². The maximum atomic E-state index is 11.0.